The highest BCUT2D eigenvalue weighted by Gasteiger charge is 2.31. The lowest BCUT2D eigenvalue weighted by molar-refractivity contribution is -0.120. The van der Waals surface area contributed by atoms with E-state index in [9.17, 15) is 13.2 Å². The smallest absolute Gasteiger partial charge is 0.265 e. The van der Waals surface area contributed by atoms with Crippen molar-refractivity contribution in [3.8, 4) is 5.75 Å². The van der Waals surface area contributed by atoms with Crippen molar-refractivity contribution in [3.63, 3.8) is 0 Å². The average molecular weight is 529 g/mol. The minimum absolute atomic E-state index is 0.0501. The van der Waals surface area contributed by atoms with Crippen LogP contribution < -0.4 is 14.4 Å². The van der Waals surface area contributed by atoms with Crippen LogP contribution in [0.2, 0.25) is 0 Å². The summed E-state index contributed by atoms with van der Waals surface area (Å²) in [5.41, 5.74) is 4.38. The molecule has 1 heterocycles. The first-order chi connectivity index (χ1) is 15.6. The Labute approximate surface area is 202 Å². The second-order valence-electron chi connectivity index (χ2n) is 8.27. The summed E-state index contributed by atoms with van der Waals surface area (Å²) in [6.07, 6.45) is 0.792. The van der Waals surface area contributed by atoms with Crippen LogP contribution in [-0.4, -0.2) is 27.0 Å². The van der Waals surface area contributed by atoms with Gasteiger partial charge in [-0.25, -0.2) is 8.42 Å². The Morgan fingerprint density at radius 2 is 1.82 bits per heavy atom. The van der Waals surface area contributed by atoms with Crippen LogP contribution in [0.5, 0.6) is 5.75 Å². The van der Waals surface area contributed by atoms with Gasteiger partial charge in [0, 0.05) is 16.2 Å². The van der Waals surface area contributed by atoms with Gasteiger partial charge in [0.15, 0.2) is 6.61 Å². The molecule has 0 aliphatic carbocycles. The third-order valence-electron chi connectivity index (χ3n) is 5.66. The summed E-state index contributed by atoms with van der Waals surface area (Å²) >= 11 is 3.47. The molecule has 0 saturated heterocycles. The number of amides is 1. The maximum Gasteiger partial charge on any atom is 0.265 e. The van der Waals surface area contributed by atoms with E-state index in [1.165, 1.54) is 12.1 Å². The summed E-state index contributed by atoms with van der Waals surface area (Å²) in [5, 5.41) is 0. The van der Waals surface area contributed by atoms with E-state index in [1.807, 2.05) is 51.1 Å². The summed E-state index contributed by atoms with van der Waals surface area (Å²) in [6, 6.07) is 17.6. The molecule has 3 aromatic rings. The molecule has 1 atom stereocenters. The van der Waals surface area contributed by atoms with Crippen LogP contribution in [0.1, 0.15) is 23.6 Å². The molecule has 8 heteroatoms. The topological polar surface area (TPSA) is 75.7 Å². The first-order valence-electron chi connectivity index (χ1n) is 10.6. The van der Waals surface area contributed by atoms with Crippen LogP contribution in [0.15, 0.2) is 70.0 Å². The van der Waals surface area contributed by atoms with Gasteiger partial charge >= 0.3 is 0 Å². The highest BCUT2D eigenvalue weighted by Crippen LogP contribution is 2.34. The molecule has 172 valence electrons. The van der Waals surface area contributed by atoms with Gasteiger partial charge in [-0.3, -0.25) is 9.52 Å². The van der Waals surface area contributed by atoms with Crippen molar-refractivity contribution in [2.45, 2.75) is 38.1 Å². The predicted octanol–water partition coefficient (Wildman–Crippen LogP) is 5.22. The van der Waals surface area contributed by atoms with Gasteiger partial charge in [-0.15, -0.1) is 0 Å². The van der Waals surface area contributed by atoms with E-state index in [2.05, 4.69) is 20.7 Å². The number of sulfonamides is 1. The van der Waals surface area contributed by atoms with Gasteiger partial charge in [-0.1, -0.05) is 28.1 Å². The third kappa shape index (κ3) is 5.07. The zero-order valence-corrected chi connectivity index (χ0v) is 21.0. The van der Waals surface area contributed by atoms with Crippen molar-refractivity contribution < 1.29 is 17.9 Å². The lowest BCUT2D eigenvalue weighted by Crippen LogP contribution is -2.39. The van der Waals surface area contributed by atoms with Crippen molar-refractivity contribution in [2.75, 3.05) is 16.2 Å². The summed E-state index contributed by atoms with van der Waals surface area (Å²) < 4.78 is 34.9. The monoisotopic (exact) mass is 528 g/mol. The average Bonchev–Trinajstić information content (AvgIpc) is 3.09. The predicted molar refractivity (Wildman–Crippen MR) is 133 cm³/mol. The maximum absolute atomic E-state index is 12.8. The third-order valence-corrected chi connectivity index (χ3v) is 7.53. The number of nitrogens with one attached hydrogen (secondary N) is 1. The van der Waals surface area contributed by atoms with Gasteiger partial charge in [0.1, 0.15) is 5.75 Å². The van der Waals surface area contributed by atoms with Crippen LogP contribution in [0, 0.1) is 13.8 Å². The van der Waals surface area contributed by atoms with E-state index in [4.69, 9.17) is 4.74 Å². The molecule has 6 nitrogen and oxygen atoms in total. The molecule has 0 radical (unpaired) electrons. The van der Waals surface area contributed by atoms with Crippen molar-refractivity contribution in [1.82, 2.24) is 0 Å². The van der Waals surface area contributed by atoms with E-state index in [0.29, 0.717) is 11.4 Å². The van der Waals surface area contributed by atoms with Crippen LogP contribution in [0.3, 0.4) is 0 Å². The number of ether oxygens (including phenoxy) is 1. The minimum atomic E-state index is -3.74. The molecule has 0 bridgehead atoms. The number of carbonyl (C=O) groups excluding carboxylic acids is 1. The number of nitrogens with zero attached hydrogens (tertiary/aromatic N) is 1. The Kier molecular flexibility index (Phi) is 6.50. The molecular formula is C25H25BrN2O4S. The van der Waals surface area contributed by atoms with Gasteiger partial charge in [0.25, 0.3) is 15.9 Å². The summed E-state index contributed by atoms with van der Waals surface area (Å²) in [4.78, 5) is 14.7. The normalized spacial score (nSPS) is 15.3. The van der Waals surface area contributed by atoms with Gasteiger partial charge in [0.2, 0.25) is 0 Å². The van der Waals surface area contributed by atoms with E-state index in [0.717, 1.165) is 33.3 Å². The fraction of sp³-hybridized carbons (Fsp3) is 0.240. The molecule has 0 spiro atoms. The summed E-state index contributed by atoms with van der Waals surface area (Å²) in [6.45, 7) is 5.63. The number of hydrogen-bond donors (Lipinski definition) is 1. The fourth-order valence-corrected chi connectivity index (χ4v) is 5.49. The SMILES string of the molecule is Cc1ccc(C)c(NS(=O)(=O)c2ccc(OCC(=O)N3c4ccc(Br)cc4CC3C)cc2)c1. The lowest BCUT2D eigenvalue weighted by atomic mass is 10.1. The highest BCUT2D eigenvalue weighted by atomic mass is 79.9. The zero-order chi connectivity index (χ0) is 23.8. The first kappa shape index (κ1) is 23.3. The van der Waals surface area contributed by atoms with E-state index in [-0.39, 0.29) is 23.5 Å². The molecule has 1 amide bonds. The van der Waals surface area contributed by atoms with E-state index >= 15 is 0 Å². The highest BCUT2D eigenvalue weighted by molar-refractivity contribution is 9.10. The zero-order valence-electron chi connectivity index (χ0n) is 18.6. The first-order valence-corrected chi connectivity index (χ1v) is 12.8. The van der Waals surface area contributed by atoms with Gasteiger partial charge in [-0.05, 0) is 92.4 Å². The van der Waals surface area contributed by atoms with Crippen LogP contribution in [-0.2, 0) is 21.2 Å². The number of rotatable bonds is 6. The van der Waals surface area contributed by atoms with E-state index < -0.39 is 10.0 Å². The largest absolute Gasteiger partial charge is 0.484 e. The number of aryl methyl sites for hydroxylation is 2. The van der Waals surface area contributed by atoms with Gasteiger partial charge in [0.05, 0.1) is 10.6 Å². The number of carbonyl (C=O) groups is 1. The van der Waals surface area contributed by atoms with Gasteiger partial charge < -0.3 is 9.64 Å². The quantitative estimate of drug-likeness (QED) is 0.475. The Morgan fingerprint density at radius 3 is 2.55 bits per heavy atom. The Hall–Kier alpha value is -2.84. The molecular weight excluding hydrogens is 504 g/mol. The number of hydrogen-bond acceptors (Lipinski definition) is 4. The Bertz CT molecular complexity index is 1310. The molecule has 1 N–H and O–H groups in total. The number of fused-ring (bicyclic) bond motifs is 1. The van der Waals surface area contributed by atoms with Crippen molar-refractivity contribution in [3.05, 3.63) is 81.8 Å². The van der Waals surface area contributed by atoms with Crippen LogP contribution in [0.25, 0.3) is 0 Å². The second kappa shape index (κ2) is 9.19. The number of benzene rings is 3. The molecule has 1 unspecified atom stereocenters. The van der Waals surface area contributed by atoms with E-state index in [1.54, 1.807) is 23.1 Å². The van der Waals surface area contributed by atoms with Crippen molar-refractivity contribution in [1.29, 1.82) is 0 Å². The molecule has 0 saturated carbocycles. The van der Waals surface area contributed by atoms with Crippen LogP contribution in [0.4, 0.5) is 11.4 Å². The summed E-state index contributed by atoms with van der Waals surface area (Å²) in [7, 11) is -3.74. The molecule has 0 fully saturated rings. The molecule has 1 aliphatic heterocycles. The molecule has 33 heavy (non-hydrogen) atoms. The molecule has 0 aromatic heterocycles. The maximum atomic E-state index is 12.8. The fourth-order valence-electron chi connectivity index (χ4n) is 3.96. The van der Waals surface area contributed by atoms with Crippen molar-refractivity contribution >= 4 is 43.2 Å². The lowest BCUT2D eigenvalue weighted by Gasteiger charge is -2.22. The number of halogens is 1. The minimum Gasteiger partial charge on any atom is -0.484 e. The second-order valence-corrected chi connectivity index (χ2v) is 10.9. The Balaban J connectivity index is 1.42. The standard InChI is InChI=1S/C25H25BrN2O4S/c1-16-4-5-17(2)23(12-16)27-33(30,31)22-9-7-21(8-10-22)32-15-25(29)28-18(3)13-19-14-20(26)6-11-24(19)28/h4-12,14,18,27H,13,15H2,1-3H3. The van der Waals surface area contributed by atoms with Crippen molar-refractivity contribution in [2.24, 2.45) is 0 Å². The molecule has 1 aliphatic rings. The molecule has 4 rings (SSSR count). The summed E-state index contributed by atoms with van der Waals surface area (Å²) in [5.74, 6) is 0.286. The van der Waals surface area contributed by atoms with Crippen LogP contribution >= 0.6 is 15.9 Å². The Morgan fingerprint density at radius 1 is 1.09 bits per heavy atom. The van der Waals surface area contributed by atoms with Gasteiger partial charge in [-0.2, -0.15) is 0 Å². The molecule has 3 aromatic carbocycles. The number of anilines is 2.